The zero-order valence-electron chi connectivity index (χ0n) is 10.1. The summed E-state index contributed by atoms with van der Waals surface area (Å²) in [6.07, 6.45) is 0. The predicted octanol–water partition coefficient (Wildman–Crippen LogP) is 4.35. The van der Waals surface area contributed by atoms with E-state index in [1.807, 2.05) is 31.2 Å². The van der Waals surface area contributed by atoms with Gasteiger partial charge >= 0.3 is 0 Å². The summed E-state index contributed by atoms with van der Waals surface area (Å²) >= 11 is 8.22. The lowest BCUT2D eigenvalue weighted by molar-refractivity contribution is 0.0939. The summed E-state index contributed by atoms with van der Waals surface area (Å²) in [5.74, 6) is -0.108. The molecule has 0 bridgehead atoms. The smallest absolute Gasteiger partial charge is 0.253 e. The third-order valence-corrected chi connectivity index (χ3v) is 5.00. The summed E-state index contributed by atoms with van der Waals surface area (Å²) in [6.45, 7) is 1.93. The van der Waals surface area contributed by atoms with Gasteiger partial charge in [0, 0.05) is 5.69 Å². The van der Waals surface area contributed by atoms with Crippen molar-refractivity contribution in [2.24, 2.45) is 0 Å². The zero-order chi connectivity index (χ0) is 14.0. The molecule has 100 valence electrons. The quantitative estimate of drug-likeness (QED) is 0.748. The Kier molecular flexibility index (Phi) is 4.65. The van der Waals surface area contributed by atoms with E-state index in [4.69, 9.17) is 5.73 Å². The molecule has 1 atom stereocenters. The second kappa shape index (κ2) is 6.07. The average molecular weight is 404 g/mol. The Morgan fingerprint density at radius 2 is 2.11 bits per heavy atom. The number of nitrogens with one attached hydrogen (secondary N) is 1. The number of amides is 1. The Morgan fingerprint density at radius 3 is 2.68 bits per heavy atom. The van der Waals surface area contributed by atoms with Crippen LogP contribution in [0.4, 0.5) is 5.69 Å². The first kappa shape index (κ1) is 14.6. The average Bonchev–Trinajstić information content (AvgIpc) is 2.68. The van der Waals surface area contributed by atoms with Gasteiger partial charge in [0.1, 0.15) is 0 Å². The molecule has 0 aliphatic rings. The maximum absolute atomic E-state index is 12.2. The first-order valence-electron chi connectivity index (χ1n) is 5.58. The van der Waals surface area contributed by atoms with E-state index >= 15 is 0 Å². The molecular formula is C13H12Br2N2OS. The number of carbonyl (C=O) groups is 1. The Balaban J connectivity index is 2.13. The molecule has 0 saturated heterocycles. The third kappa shape index (κ3) is 3.58. The fourth-order valence-corrected chi connectivity index (χ4v) is 4.47. The zero-order valence-corrected chi connectivity index (χ0v) is 14.1. The van der Waals surface area contributed by atoms with Crippen molar-refractivity contribution < 1.29 is 4.79 Å². The number of nitrogens with two attached hydrogens (primary N) is 1. The molecule has 1 heterocycles. The van der Waals surface area contributed by atoms with Gasteiger partial charge < -0.3 is 11.1 Å². The lowest BCUT2D eigenvalue weighted by atomic mass is 10.1. The molecule has 1 amide bonds. The van der Waals surface area contributed by atoms with Crippen molar-refractivity contribution in [3.8, 4) is 0 Å². The molecule has 0 aliphatic heterocycles. The number of hydrogen-bond acceptors (Lipinski definition) is 3. The molecular weight excluding hydrogens is 392 g/mol. The number of hydrogen-bond donors (Lipinski definition) is 2. The van der Waals surface area contributed by atoms with Gasteiger partial charge in [-0.25, -0.2) is 0 Å². The number of anilines is 1. The molecule has 1 aromatic carbocycles. The molecule has 1 unspecified atom stereocenters. The molecule has 3 nitrogen and oxygen atoms in total. The topological polar surface area (TPSA) is 55.1 Å². The summed E-state index contributed by atoms with van der Waals surface area (Å²) in [6, 6.07) is 9.22. The Labute approximate surface area is 132 Å². The second-order valence-corrected chi connectivity index (χ2v) is 7.85. The molecule has 0 radical (unpaired) electrons. The molecule has 3 N–H and O–H groups in total. The van der Waals surface area contributed by atoms with Crippen molar-refractivity contribution in [3.05, 3.63) is 49.0 Å². The van der Waals surface area contributed by atoms with Gasteiger partial charge in [0.25, 0.3) is 5.91 Å². The maximum Gasteiger partial charge on any atom is 0.253 e. The van der Waals surface area contributed by atoms with Gasteiger partial charge in [-0.3, -0.25) is 4.79 Å². The normalized spacial score (nSPS) is 12.2. The van der Waals surface area contributed by atoms with Crippen molar-refractivity contribution in [2.45, 2.75) is 13.0 Å². The second-order valence-electron chi connectivity index (χ2n) is 4.10. The van der Waals surface area contributed by atoms with Crippen LogP contribution in [0, 0.1) is 0 Å². The fraction of sp³-hybridized carbons (Fsp3) is 0.154. The number of carbonyl (C=O) groups excluding carboxylic acids is 1. The van der Waals surface area contributed by atoms with Crippen molar-refractivity contribution in [3.63, 3.8) is 0 Å². The molecule has 6 heteroatoms. The number of benzene rings is 1. The van der Waals surface area contributed by atoms with Crippen LogP contribution in [0.5, 0.6) is 0 Å². The van der Waals surface area contributed by atoms with E-state index in [0.717, 1.165) is 13.1 Å². The van der Waals surface area contributed by atoms with Gasteiger partial charge in [-0.05, 0) is 62.5 Å². The van der Waals surface area contributed by atoms with Gasteiger partial charge in [-0.2, -0.15) is 0 Å². The summed E-state index contributed by atoms with van der Waals surface area (Å²) in [7, 11) is 0. The molecule has 19 heavy (non-hydrogen) atoms. The lowest BCUT2D eigenvalue weighted by Crippen LogP contribution is -2.26. The fourth-order valence-electron chi connectivity index (χ4n) is 1.68. The number of nitrogen functional groups attached to an aromatic ring is 1. The van der Waals surface area contributed by atoms with Crippen LogP contribution in [0.1, 0.15) is 28.9 Å². The minimum atomic E-state index is -0.108. The maximum atomic E-state index is 12.2. The molecule has 1 aromatic heterocycles. The molecule has 0 fully saturated rings. The van der Waals surface area contributed by atoms with Crippen LogP contribution in [-0.4, -0.2) is 5.91 Å². The van der Waals surface area contributed by atoms with Gasteiger partial charge in [-0.15, -0.1) is 11.3 Å². The van der Waals surface area contributed by atoms with Crippen LogP contribution in [-0.2, 0) is 0 Å². The summed E-state index contributed by atoms with van der Waals surface area (Å²) < 4.78 is 1.73. The van der Waals surface area contributed by atoms with E-state index < -0.39 is 0 Å². The summed E-state index contributed by atoms with van der Waals surface area (Å²) in [5.41, 5.74) is 8.05. The van der Waals surface area contributed by atoms with E-state index in [9.17, 15) is 4.79 Å². The third-order valence-electron chi connectivity index (χ3n) is 2.66. The van der Waals surface area contributed by atoms with E-state index in [-0.39, 0.29) is 11.9 Å². The number of thiophene rings is 1. The largest absolute Gasteiger partial charge is 0.399 e. The first-order valence-corrected chi connectivity index (χ1v) is 7.98. The molecule has 2 rings (SSSR count). The Morgan fingerprint density at radius 1 is 1.37 bits per heavy atom. The molecule has 0 saturated carbocycles. The van der Waals surface area contributed by atoms with E-state index in [1.165, 1.54) is 11.3 Å². The van der Waals surface area contributed by atoms with E-state index in [0.29, 0.717) is 11.3 Å². The lowest BCUT2D eigenvalue weighted by Gasteiger charge is -2.14. The Bertz CT molecular complexity index is 612. The minimum absolute atomic E-state index is 0.0958. The van der Waals surface area contributed by atoms with Crippen molar-refractivity contribution in [1.82, 2.24) is 5.32 Å². The van der Waals surface area contributed by atoms with Gasteiger partial charge in [0.15, 0.2) is 0 Å². The summed E-state index contributed by atoms with van der Waals surface area (Å²) in [5, 5.41) is 2.96. The number of rotatable bonds is 3. The van der Waals surface area contributed by atoms with Crippen molar-refractivity contribution in [1.29, 1.82) is 0 Å². The van der Waals surface area contributed by atoms with Crippen molar-refractivity contribution in [2.75, 3.05) is 5.73 Å². The van der Waals surface area contributed by atoms with Crippen LogP contribution in [0.2, 0.25) is 0 Å². The number of halogens is 2. The standard InChI is InChI=1S/C13H12Br2N2OS/c1-7(8-3-2-4-9(16)5-8)17-13(18)10-6-11(14)19-12(10)15/h2-7H,16H2,1H3,(H,17,18). The summed E-state index contributed by atoms with van der Waals surface area (Å²) in [4.78, 5) is 12.2. The van der Waals surface area contributed by atoms with Crippen LogP contribution in [0.3, 0.4) is 0 Å². The highest BCUT2D eigenvalue weighted by atomic mass is 79.9. The SMILES string of the molecule is CC(NC(=O)c1cc(Br)sc1Br)c1cccc(N)c1. The van der Waals surface area contributed by atoms with E-state index in [1.54, 1.807) is 6.07 Å². The van der Waals surface area contributed by atoms with Crippen molar-refractivity contribution >= 4 is 54.8 Å². The highest BCUT2D eigenvalue weighted by Gasteiger charge is 2.16. The minimum Gasteiger partial charge on any atom is -0.399 e. The van der Waals surface area contributed by atoms with Gasteiger partial charge in [0.05, 0.1) is 19.2 Å². The highest BCUT2D eigenvalue weighted by molar-refractivity contribution is 9.12. The van der Waals surface area contributed by atoms with Crippen LogP contribution >= 0.6 is 43.2 Å². The van der Waals surface area contributed by atoms with E-state index in [2.05, 4.69) is 37.2 Å². The molecule has 0 aliphatic carbocycles. The molecule has 0 spiro atoms. The first-order chi connectivity index (χ1) is 8.97. The monoisotopic (exact) mass is 402 g/mol. The van der Waals surface area contributed by atoms with Crippen LogP contribution < -0.4 is 11.1 Å². The predicted molar refractivity (Wildman–Crippen MR) is 86.5 cm³/mol. The van der Waals surface area contributed by atoms with Gasteiger partial charge in [0.2, 0.25) is 0 Å². The Hall–Kier alpha value is -0.850. The van der Waals surface area contributed by atoms with Gasteiger partial charge in [-0.1, -0.05) is 12.1 Å². The van der Waals surface area contributed by atoms with Crippen LogP contribution in [0.25, 0.3) is 0 Å². The molecule has 2 aromatic rings. The van der Waals surface area contributed by atoms with Crippen LogP contribution in [0.15, 0.2) is 37.9 Å². The highest BCUT2D eigenvalue weighted by Crippen LogP contribution is 2.32.